The van der Waals surface area contributed by atoms with E-state index in [1.165, 1.54) is 11.3 Å². The van der Waals surface area contributed by atoms with Crippen LogP contribution in [-0.2, 0) is 11.2 Å². The van der Waals surface area contributed by atoms with Crippen LogP contribution < -0.4 is 5.32 Å². The summed E-state index contributed by atoms with van der Waals surface area (Å²) >= 11 is 1.44. The highest BCUT2D eigenvalue weighted by Gasteiger charge is 2.41. The van der Waals surface area contributed by atoms with Gasteiger partial charge in [-0.2, -0.15) is 0 Å². The van der Waals surface area contributed by atoms with Gasteiger partial charge >= 0.3 is 5.97 Å². The lowest BCUT2D eigenvalue weighted by Gasteiger charge is -2.33. The van der Waals surface area contributed by atoms with Crippen LogP contribution >= 0.6 is 11.3 Å². The van der Waals surface area contributed by atoms with Gasteiger partial charge in [0.15, 0.2) is 0 Å². The van der Waals surface area contributed by atoms with Gasteiger partial charge in [-0.1, -0.05) is 26.2 Å². The fourth-order valence-corrected chi connectivity index (χ4v) is 3.36. The predicted octanol–water partition coefficient (Wildman–Crippen LogP) is 2.83. The van der Waals surface area contributed by atoms with E-state index in [1.54, 1.807) is 6.07 Å². The summed E-state index contributed by atoms with van der Waals surface area (Å²) in [7, 11) is 0. The van der Waals surface area contributed by atoms with Crippen molar-refractivity contribution in [1.82, 2.24) is 5.32 Å². The Kier molecular flexibility index (Phi) is 4.24. The topological polar surface area (TPSA) is 66.4 Å². The summed E-state index contributed by atoms with van der Waals surface area (Å²) in [4.78, 5) is 25.4. The SMILES string of the molecule is CCc1ccc(C(=O)NC2(C(=O)O)CCCCC2)s1. The summed E-state index contributed by atoms with van der Waals surface area (Å²) in [5, 5.41) is 12.2. The largest absolute Gasteiger partial charge is 0.480 e. The molecule has 0 saturated heterocycles. The minimum Gasteiger partial charge on any atom is -0.480 e. The third-order valence-corrected chi connectivity index (χ3v) is 4.93. The van der Waals surface area contributed by atoms with E-state index in [0.29, 0.717) is 17.7 Å². The van der Waals surface area contributed by atoms with Gasteiger partial charge in [-0.15, -0.1) is 11.3 Å². The molecule has 4 nitrogen and oxygen atoms in total. The molecule has 1 saturated carbocycles. The van der Waals surface area contributed by atoms with Gasteiger partial charge < -0.3 is 10.4 Å². The number of hydrogen-bond acceptors (Lipinski definition) is 3. The van der Waals surface area contributed by atoms with Gasteiger partial charge in [-0.3, -0.25) is 4.79 Å². The number of amides is 1. The maximum atomic E-state index is 12.2. The number of rotatable bonds is 4. The second kappa shape index (κ2) is 5.74. The molecular formula is C14H19NO3S. The van der Waals surface area contributed by atoms with Crippen molar-refractivity contribution in [2.75, 3.05) is 0 Å². The lowest BCUT2D eigenvalue weighted by molar-refractivity contribution is -0.145. The third kappa shape index (κ3) is 2.97. The van der Waals surface area contributed by atoms with Gasteiger partial charge in [0.05, 0.1) is 4.88 Å². The molecule has 1 aliphatic carbocycles. The average Bonchev–Trinajstić information content (AvgIpc) is 2.88. The zero-order valence-corrected chi connectivity index (χ0v) is 11.9. The highest BCUT2D eigenvalue weighted by atomic mass is 32.1. The van der Waals surface area contributed by atoms with Crippen LogP contribution in [0.25, 0.3) is 0 Å². The van der Waals surface area contributed by atoms with Crippen molar-refractivity contribution in [3.8, 4) is 0 Å². The first-order valence-electron chi connectivity index (χ1n) is 6.72. The summed E-state index contributed by atoms with van der Waals surface area (Å²) in [5.74, 6) is -1.16. The number of hydrogen-bond donors (Lipinski definition) is 2. The highest BCUT2D eigenvalue weighted by molar-refractivity contribution is 7.14. The first-order chi connectivity index (χ1) is 9.07. The standard InChI is InChI=1S/C14H19NO3S/c1-2-10-6-7-11(19-10)12(16)15-14(13(17)18)8-4-3-5-9-14/h6-7H,2-5,8-9H2,1H3,(H,15,16)(H,17,18). The number of aliphatic carboxylic acids is 1. The van der Waals surface area contributed by atoms with Crippen molar-refractivity contribution in [2.24, 2.45) is 0 Å². The second-order valence-electron chi connectivity index (χ2n) is 5.02. The third-order valence-electron chi connectivity index (χ3n) is 3.70. The van der Waals surface area contributed by atoms with E-state index in [9.17, 15) is 14.7 Å². The van der Waals surface area contributed by atoms with Crippen LogP contribution in [0.1, 0.15) is 53.6 Å². The molecule has 1 aromatic heterocycles. The number of carbonyl (C=O) groups is 2. The van der Waals surface area contributed by atoms with E-state index in [2.05, 4.69) is 5.32 Å². The molecule has 1 amide bonds. The Hall–Kier alpha value is -1.36. The Labute approximate surface area is 116 Å². The fourth-order valence-electron chi connectivity index (χ4n) is 2.52. The van der Waals surface area contributed by atoms with Crippen molar-refractivity contribution in [3.05, 3.63) is 21.9 Å². The quantitative estimate of drug-likeness (QED) is 0.891. The molecule has 5 heteroatoms. The zero-order chi connectivity index (χ0) is 13.9. The number of carboxylic acid groups (broad SMARTS) is 1. The maximum absolute atomic E-state index is 12.2. The molecule has 19 heavy (non-hydrogen) atoms. The molecule has 1 fully saturated rings. The Morgan fingerprint density at radius 3 is 2.53 bits per heavy atom. The van der Waals surface area contributed by atoms with Crippen LogP contribution in [0.4, 0.5) is 0 Å². The maximum Gasteiger partial charge on any atom is 0.329 e. The van der Waals surface area contributed by atoms with Crippen LogP contribution in [0.15, 0.2) is 12.1 Å². The van der Waals surface area contributed by atoms with Crippen LogP contribution in [0.5, 0.6) is 0 Å². The molecule has 0 aromatic carbocycles. The molecule has 1 aliphatic rings. The monoisotopic (exact) mass is 281 g/mol. The summed E-state index contributed by atoms with van der Waals surface area (Å²) in [6.07, 6.45) is 4.71. The van der Waals surface area contributed by atoms with Crippen LogP contribution in [0.2, 0.25) is 0 Å². The van der Waals surface area contributed by atoms with Gasteiger partial charge in [-0.25, -0.2) is 4.79 Å². The van der Waals surface area contributed by atoms with Gasteiger partial charge in [0.1, 0.15) is 5.54 Å². The molecule has 2 rings (SSSR count). The number of carbonyl (C=O) groups excluding carboxylic acids is 1. The first kappa shape index (κ1) is 14.1. The smallest absolute Gasteiger partial charge is 0.329 e. The number of aryl methyl sites for hydroxylation is 1. The lowest BCUT2D eigenvalue weighted by atomic mass is 9.81. The number of carboxylic acids is 1. The highest BCUT2D eigenvalue weighted by Crippen LogP contribution is 2.29. The first-order valence-corrected chi connectivity index (χ1v) is 7.54. The molecule has 0 radical (unpaired) electrons. The van der Waals surface area contributed by atoms with Gasteiger partial charge in [0.2, 0.25) is 0 Å². The van der Waals surface area contributed by atoms with Gasteiger partial charge in [0.25, 0.3) is 5.91 Å². The van der Waals surface area contributed by atoms with Crippen LogP contribution in [-0.4, -0.2) is 22.5 Å². The van der Waals surface area contributed by atoms with E-state index < -0.39 is 11.5 Å². The molecule has 0 bridgehead atoms. The zero-order valence-electron chi connectivity index (χ0n) is 11.1. The minimum atomic E-state index is -1.06. The van der Waals surface area contributed by atoms with Gasteiger partial charge in [-0.05, 0) is 31.4 Å². The Morgan fingerprint density at radius 2 is 2.00 bits per heavy atom. The van der Waals surface area contributed by atoms with E-state index in [4.69, 9.17) is 0 Å². The lowest BCUT2D eigenvalue weighted by Crippen LogP contribution is -2.55. The molecular weight excluding hydrogens is 262 g/mol. The fraction of sp³-hybridized carbons (Fsp3) is 0.571. The van der Waals surface area contributed by atoms with Crippen molar-refractivity contribution >= 4 is 23.2 Å². The molecule has 0 spiro atoms. The number of thiophene rings is 1. The van der Waals surface area contributed by atoms with Crippen molar-refractivity contribution < 1.29 is 14.7 Å². The minimum absolute atomic E-state index is 0.256. The molecule has 0 aliphatic heterocycles. The molecule has 1 heterocycles. The number of nitrogens with one attached hydrogen (secondary N) is 1. The summed E-state index contributed by atoms with van der Waals surface area (Å²) < 4.78 is 0. The molecule has 2 N–H and O–H groups in total. The van der Waals surface area contributed by atoms with Crippen LogP contribution in [0.3, 0.4) is 0 Å². The summed E-state index contributed by atoms with van der Waals surface area (Å²) in [5.41, 5.74) is -1.06. The predicted molar refractivity (Wildman–Crippen MR) is 74.6 cm³/mol. The molecule has 0 atom stereocenters. The Balaban J connectivity index is 2.12. The Bertz CT molecular complexity index is 475. The van der Waals surface area contributed by atoms with Crippen molar-refractivity contribution in [3.63, 3.8) is 0 Å². The van der Waals surface area contributed by atoms with E-state index >= 15 is 0 Å². The Morgan fingerprint density at radius 1 is 1.32 bits per heavy atom. The molecule has 0 unspecified atom stereocenters. The van der Waals surface area contributed by atoms with E-state index in [1.807, 2.05) is 13.0 Å². The van der Waals surface area contributed by atoms with E-state index in [0.717, 1.165) is 30.6 Å². The second-order valence-corrected chi connectivity index (χ2v) is 6.19. The van der Waals surface area contributed by atoms with Crippen molar-refractivity contribution in [1.29, 1.82) is 0 Å². The van der Waals surface area contributed by atoms with Crippen molar-refractivity contribution in [2.45, 2.75) is 51.0 Å². The summed E-state index contributed by atoms with van der Waals surface area (Å²) in [6, 6.07) is 3.70. The van der Waals surface area contributed by atoms with Gasteiger partial charge in [0, 0.05) is 4.88 Å². The van der Waals surface area contributed by atoms with E-state index in [-0.39, 0.29) is 5.91 Å². The molecule has 104 valence electrons. The summed E-state index contributed by atoms with van der Waals surface area (Å²) in [6.45, 7) is 2.04. The normalized spacial score (nSPS) is 17.9. The molecule has 1 aromatic rings. The van der Waals surface area contributed by atoms with Crippen LogP contribution in [0, 0.1) is 0 Å². The average molecular weight is 281 g/mol.